The van der Waals surface area contributed by atoms with Crippen LogP contribution in [-0.2, 0) is 6.61 Å². The van der Waals surface area contributed by atoms with Crippen molar-refractivity contribution in [3.8, 4) is 11.1 Å². The van der Waals surface area contributed by atoms with Gasteiger partial charge in [-0.2, -0.15) is 0 Å². The maximum absolute atomic E-state index is 11.8. The normalized spacial score (nSPS) is 10.5. The number of H-pyrrole nitrogens is 1. The molecule has 2 N–H and O–H groups in total. The molecule has 5 heteroatoms. The van der Waals surface area contributed by atoms with Crippen LogP contribution in [0.5, 0.6) is 0 Å². The molecule has 88 valence electrons. The Hall–Kier alpha value is -1.29. The molecular weight excluding hydrogens is 261 g/mol. The summed E-state index contributed by atoms with van der Waals surface area (Å²) >= 11 is 11.8. The Morgan fingerprint density at radius 2 is 2.00 bits per heavy atom. The molecule has 0 bridgehead atoms. The van der Waals surface area contributed by atoms with Crippen LogP contribution in [-0.4, -0.2) is 10.1 Å². The lowest BCUT2D eigenvalue weighted by Gasteiger charge is -2.08. The highest BCUT2D eigenvalue weighted by Gasteiger charge is 2.12. The van der Waals surface area contributed by atoms with Crippen molar-refractivity contribution in [2.45, 2.75) is 6.61 Å². The SMILES string of the molecule is O=c1[nH]ccc(CO)c1-c1ccc(Cl)cc1Cl. The van der Waals surface area contributed by atoms with Crippen LogP contribution in [0.1, 0.15) is 5.56 Å². The van der Waals surface area contributed by atoms with Crippen molar-refractivity contribution in [2.24, 2.45) is 0 Å². The van der Waals surface area contributed by atoms with Gasteiger partial charge >= 0.3 is 0 Å². The Morgan fingerprint density at radius 3 is 2.65 bits per heavy atom. The molecule has 0 saturated heterocycles. The first-order valence-electron chi connectivity index (χ1n) is 4.90. The quantitative estimate of drug-likeness (QED) is 0.881. The fraction of sp³-hybridized carbons (Fsp3) is 0.0833. The van der Waals surface area contributed by atoms with Gasteiger partial charge in [-0.15, -0.1) is 0 Å². The molecular formula is C12H9Cl2NO2. The molecule has 1 heterocycles. The summed E-state index contributed by atoms with van der Waals surface area (Å²) in [5.41, 5.74) is 1.16. The maximum Gasteiger partial charge on any atom is 0.256 e. The average molecular weight is 270 g/mol. The van der Waals surface area contributed by atoms with Gasteiger partial charge < -0.3 is 10.1 Å². The zero-order valence-corrected chi connectivity index (χ0v) is 10.2. The van der Waals surface area contributed by atoms with E-state index in [1.165, 1.54) is 6.20 Å². The van der Waals surface area contributed by atoms with Gasteiger partial charge in [-0.05, 0) is 23.8 Å². The standard InChI is InChI=1S/C12H9Cl2NO2/c13-8-1-2-9(10(14)5-8)11-7(6-16)3-4-15-12(11)17/h1-5,16H,6H2,(H,15,17). The van der Waals surface area contributed by atoms with Gasteiger partial charge in [0.05, 0.1) is 17.2 Å². The zero-order chi connectivity index (χ0) is 12.4. The second-order valence-corrected chi connectivity index (χ2v) is 4.33. The molecule has 1 aromatic heterocycles. The molecule has 0 fully saturated rings. The van der Waals surface area contributed by atoms with E-state index in [-0.39, 0.29) is 12.2 Å². The first kappa shape index (κ1) is 12.2. The number of nitrogens with one attached hydrogen (secondary N) is 1. The molecule has 2 rings (SSSR count). The third kappa shape index (κ3) is 2.36. The molecule has 3 nitrogen and oxygen atoms in total. The first-order chi connectivity index (χ1) is 8.13. The third-order valence-corrected chi connectivity index (χ3v) is 2.97. The fourth-order valence-electron chi connectivity index (χ4n) is 1.64. The van der Waals surface area contributed by atoms with Crippen LogP contribution in [0.4, 0.5) is 0 Å². The third-order valence-electron chi connectivity index (χ3n) is 2.42. The summed E-state index contributed by atoms with van der Waals surface area (Å²) in [5, 5.41) is 10.1. The van der Waals surface area contributed by atoms with Gasteiger partial charge in [-0.1, -0.05) is 29.3 Å². The van der Waals surface area contributed by atoms with Crippen molar-refractivity contribution in [1.82, 2.24) is 4.98 Å². The average Bonchev–Trinajstić information content (AvgIpc) is 2.30. The van der Waals surface area contributed by atoms with Crippen LogP contribution in [0.3, 0.4) is 0 Å². The molecule has 0 atom stereocenters. The predicted octanol–water partition coefficient (Wildman–Crippen LogP) is 2.84. The van der Waals surface area contributed by atoms with E-state index in [1.807, 2.05) is 0 Å². The van der Waals surface area contributed by atoms with E-state index in [4.69, 9.17) is 23.2 Å². The summed E-state index contributed by atoms with van der Waals surface area (Å²) in [6.45, 7) is -0.224. The number of hydrogen-bond donors (Lipinski definition) is 2. The lowest BCUT2D eigenvalue weighted by Crippen LogP contribution is -2.11. The highest BCUT2D eigenvalue weighted by atomic mass is 35.5. The van der Waals surface area contributed by atoms with E-state index >= 15 is 0 Å². The molecule has 0 unspecified atom stereocenters. The molecule has 2 aromatic rings. The van der Waals surface area contributed by atoms with Crippen molar-refractivity contribution >= 4 is 23.2 Å². The molecule has 0 aliphatic carbocycles. The Morgan fingerprint density at radius 1 is 1.24 bits per heavy atom. The van der Waals surface area contributed by atoms with E-state index in [1.54, 1.807) is 24.3 Å². The minimum atomic E-state index is -0.291. The molecule has 0 aliphatic rings. The van der Waals surface area contributed by atoms with Crippen LogP contribution in [0.25, 0.3) is 11.1 Å². The van der Waals surface area contributed by atoms with Gasteiger partial charge in [-0.25, -0.2) is 0 Å². The molecule has 17 heavy (non-hydrogen) atoms. The number of hydrogen-bond acceptors (Lipinski definition) is 2. The van der Waals surface area contributed by atoms with E-state index in [9.17, 15) is 9.90 Å². The number of aromatic amines is 1. The lowest BCUT2D eigenvalue weighted by molar-refractivity contribution is 0.282. The molecule has 0 radical (unpaired) electrons. The summed E-state index contributed by atoms with van der Waals surface area (Å²) < 4.78 is 0. The highest BCUT2D eigenvalue weighted by molar-refractivity contribution is 6.36. The summed E-state index contributed by atoms with van der Waals surface area (Å²) in [7, 11) is 0. The van der Waals surface area contributed by atoms with Gasteiger partial charge in [0.25, 0.3) is 5.56 Å². The molecule has 0 amide bonds. The first-order valence-corrected chi connectivity index (χ1v) is 5.66. The number of aliphatic hydroxyl groups is 1. The van der Waals surface area contributed by atoms with Crippen LogP contribution >= 0.6 is 23.2 Å². The Balaban J connectivity index is 2.72. The zero-order valence-electron chi connectivity index (χ0n) is 8.71. The van der Waals surface area contributed by atoms with Crippen LogP contribution in [0.15, 0.2) is 35.3 Å². The van der Waals surface area contributed by atoms with Gasteiger partial charge in [0, 0.05) is 16.8 Å². The van der Waals surface area contributed by atoms with Crippen molar-refractivity contribution in [2.75, 3.05) is 0 Å². The monoisotopic (exact) mass is 269 g/mol. The number of aromatic nitrogens is 1. The van der Waals surface area contributed by atoms with Gasteiger partial charge in [0.1, 0.15) is 0 Å². The number of rotatable bonds is 2. The minimum absolute atomic E-state index is 0.224. The number of pyridine rings is 1. The predicted molar refractivity (Wildman–Crippen MR) is 68.4 cm³/mol. The smallest absolute Gasteiger partial charge is 0.256 e. The van der Waals surface area contributed by atoms with Crippen molar-refractivity contribution < 1.29 is 5.11 Å². The largest absolute Gasteiger partial charge is 0.392 e. The Kier molecular flexibility index (Phi) is 3.52. The van der Waals surface area contributed by atoms with Crippen molar-refractivity contribution in [3.63, 3.8) is 0 Å². The number of benzene rings is 1. The Labute approximate surface area is 108 Å². The summed E-state index contributed by atoms with van der Waals surface area (Å²) in [4.78, 5) is 14.3. The molecule has 0 aliphatic heterocycles. The highest BCUT2D eigenvalue weighted by Crippen LogP contribution is 2.30. The molecule has 0 spiro atoms. The van der Waals surface area contributed by atoms with Gasteiger partial charge in [-0.3, -0.25) is 4.79 Å². The van der Waals surface area contributed by atoms with E-state index in [0.717, 1.165) is 0 Å². The summed E-state index contributed by atoms with van der Waals surface area (Å²) in [6.07, 6.45) is 1.49. The summed E-state index contributed by atoms with van der Waals surface area (Å²) in [5.74, 6) is 0. The number of aliphatic hydroxyl groups excluding tert-OH is 1. The van der Waals surface area contributed by atoms with Crippen LogP contribution in [0.2, 0.25) is 10.0 Å². The maximum atomic E-state index is 11.8. The second-order valence-electron chi connectivity index (χ2n) is 3.49. The number of halogens is 2. The van der Waals surface area contributed by atoms with Crippen LogP contribution in [0, 0.1) is 0 Å². The van der Waals surface area contributed by atoms with E-state index in [2.05, 4.69) is 4.98 Å². The molecule has 1 aromatic carbocycles. The summed E-state index contributed by atoms with van der Waals surface area (Å²) in [6, 6.07) is 6.51. The second kappa shape index (κ2) is 4.92. The topological polar surface area (TPSA) is 53.1 Å². The fourth-order valence-corrected chi connectivity index (χ4v) is 2.14. The van der Waals surface area contributed by atoms with Crippen molar-refractivity contribution in [1.29, 1.82) is 0 Å². The van der Waals surface area contributed by atoms with Gasteiger partial charge in [0.2, 0.25) is 0 Å². The van der Waals surface area contributed by atoms with E-state index in [0.29, 0.717) is 26.7 Å². The van der Waals surface area contributed by atoms with Crippen LogP contribution < -0.4 is 5.56 Å². The molecule has 0 saturated carbocycles. The minimum Gasteiger partial charge on any atom is -0.392 e. The van der Waals surface area contributed by atoms with Crippen molar-refractivity contribution in [3.05, 3.63) is 56.4 Å². The van der Waals surface area contributed by atoms with E-state index < -0.39 is 0 Å². The lowest BCUT2D eigenvalue weighted by atomic mass is 10.0. The Bertz CT molecular complexity index is 608. The van der Waals surface area contributed by atoms with Gasteiger partial charge in [0.15, 0.2) is 0 Å².